The number of aromatic nitrogens is 2. The molecule has 6 nitrogen and oxygen atoms in total. The van der Waals surface area contributed by atoms with Crippen LogP contribution in [0.4, 0.5) is 5.69 Å². The maximum atomic E-state index is 11.0. The van der Waals surface area contributed by atoms with Gasteiger partial charge in [0.25, 0.3) is 0 Å². The monoisotopic (exact) mass is 343 g/mol. The molecule has 1 aromatic heterocycles. The summed E-state index contributed by atoms with van der Waals surface area (Å²) in [6, 6.07) is 15.7. The van der Waals surface area contributed by atoms with Crippen molar-refractivity contribution in [3.8, 4) is 11.4 Å². The zero-order valence-electron chi connectivity index (χ0n) is 12.8. The van der Waals surface area contributed by atoms with Gasteiger partial charge < -0.3 is 4.74 Å². The number of para-hydroxylation sites is 3. The fraction of sp³-hybridized carbons (Fsp3) is 0.118. The lowest BCUT2D eigenvalue weighted by Crippen LogP contribution is -2.00. The van der Waals surface area contributed by atoms with Crippen molar-refractivity contribution >= 4 is 17.3 Å². The molecule has 1 heterocycles. The number of benzene rings is 2. The van der Waals surface area contributed by atoms with Crippen LogP contribution < -0.4 is 4.74 Å². The molecule has 0 radical (unpaired) electrons. The van der Waals surface area contributed by atoms with E-state index in [4.69, 9.17) is 16.3 Å². The van der Waals surface area contributed by atoms with E-state index in [1.165, 1.54) is 6.07 Å². The lowest BCUT2D eigenvalue weighted by molar-refractivity contribution is -0.385. The number of nitro benzene ring substituents is 1. The second kappa shape index (κ2) is 6.72. The second-order valence-electron chi connectivity index (χ2n) is 5.12. The minimum atomic E-state index is -0.475. The van der Waals surface area contributed by atoms with E-state index in [0.29, 0.717) is 16.4 Å². The van der Waals surface area contributed by atoms with Crippen LogP contribution in [0.3, 0.4) is 0 Å². The Hall–Kier alpha value is -2.86. The van der Waals surface area contributed by atoms with Crippen LogP contribution in [-0.4, -0.2) is 14.7 Å². The van der Waals surface area contributed by atoms with Crippen molar-refractivity contribution in [3.05, 3.63) is 81.1 Å². The van der Waals surface area contributed by atoms with Gasteiger partial charge in [-0.2, -0.15) is 5.10 Å². The summed E-state index contributed by atoms with van der Waals surface area (Å²) >= 11 is 6.42. The number of hydrogen-bond donors (Lipinski definition) is 0. The molecule has 0 bridgehead atoms. The Morgan fingerprint density at radius 1 is 1.17 bits per heavy atom. The molecule has 0 saturated heterocycles. The quantitative estimate of drug-likeness (QED) is 0.511. The van der Waals surface area contributed by atoms with Crippen molar-refractivity contribution in [2.45, 2.75) is 13.5 Å². The van der Waals surface area contributed by atoms with E-state index in [2.05, 4.69) is 5.10 Å². The number of rotatable bonds is 5. The summed E-state index contributed by atoms with van der Waals surface area (Å²) in [4.78, 5) is 10.6. The van der Waals surface area contributed by atoms with Crippen molar-refractivity contribution in [3.63, 3.8) is 0 Å². The molecule has 0 amide bonds. The number of aryl methyl sites for hydroxylation is 1. The van der Waals surface area contributed by atoms with Gasteiger partial charge in [0, 0.05) is 11.6 Å². The number of halogens is 1. The molecule has 3 aromatic rings. The molecule has 7 heteroatoms. The standard InChI is InChI=1S/C17H14ClN3O3/c1-12-14(11-24-16-10-6-5-9-15(16)21(22)23)17(18)20(19-12)13-7-3-2-4-8-13/h2-10H,11H2,1H3. The van der Waals surface area contributed by atoms with Gasteiger partial charge in [-0.05, 0) is 25.1 Å². The van der Waals surface area contributed by atoms with Gasteiger partial charge in [0.1, 0.15) is 11.8 Å². The third-order valence-electron chi connectivity index (χ3n) is 3.56. The second-order valence-corrected chi connectivity index (χ2v) is 5.47. The van der Waals surface area contributed by atoms with Crippen LogP contribution in [0.25, 0.3) is 5.69 Å². The maximum Gasteiger partial charge on any atom is 0.310 e. The first-order valence-corrected chi connectivity index (χ1v) is 7.61. The lowest BCUT2D eigenvalue weighted by atomic mass is 10.2. The highest BCUT2D eigenvalue weighted by atomic mass is 35.5. The summed E-state index contributed by atoms with van der Waals surface area (Å²) in [6.45, 7) is 1.92. The number of ether oxygens (including phenoxy) is 1. The number of nitro groups is 1. The normalized spacial score (nSPS) is 10.6. The average Bonchev–Trinajstić information content (AvgIpc) is 2.88. The average molecular weight is 344 g/mol. The van der Waals surface area contributed by atoms with Gasteiger partial charge in [-0.1, -0.05) is 41.9 Å². The van der Waals surface area contributed by atoms with E-state index in [9.17, 15) is 10.1 Å². The summed E-state index contributed by atoms with van der Waals surface area (Å²) in [5.41, 5.74) is 2.16. The summed E-state index contributed by atoms with van der Waals surface area (Å²) < 4.78 is 7.24. The van der Waals surface area contributed by atoms with E-state index in [1.54, 1.807) is 22.9 Å². The molecule has 0 aliphatic rings. The fourth-order valence-corrected chi connectivity index (χ4v) is 2.64. The summed E-state index contributed by atoms with van der Waals surface area (Å²) in [5.74, 6) is 0.199. The molecule has 0 unspecified atom stereocenters. The van der Waals surface area contributed by atoms with Gasteiger partial charge in [-0.3, -0.25) is 10.1 Å². The molecule has 3 rings (SSSR count). The van der Waals surface area contributed by atoms with E-state index >= 15 is 0 Å². The first-order chi connectivity index (χ1) is 11.6. The van der Waals surface area contributed by atoms with Crippen LogP contribution in [0.2, 0.25) is 5.15 Å². The Labute approximate surface area is 143 Å². The van der Waals surface area contributed by atoms with E-state index in [1.807, 2.05) is 37.3 Å². The first-order valence-electron chi connectivity index (χ1n) is 7.23. The molecule has 0 spiro atoms. The Morgan fingerprint density at radius 3 is 2.54 bits per heavy atom. The highest BCUT2D eigenvalue weighted by Crippen LogP contribution is 2.29. The number of hydrogen-bond acceptors (Lipinski definition) is 4. The molecule has 0 aliphatic heterocycles. The van der Waals surface area contributed by atoms with Gasteiger partial charge >= 0.3 is 5.69 Å². The molecule has 0 saturated carbocycles. The Balaban J connectivity index is 1.87. The number of nitrogens with zero attached hydrogens (tertiary/aromatic N) is 3. The van der Waals surface area contributed by atoms with Crippen LogP contribution in [0.1, 0.15) is 11.3 Å². The largest absolute Gasteiger partial charge is 0.482 e. The topological polar surface area (TPSA) is 70.2 Å². The maximum absolute atomic E-state index is 11.0. The first kappa shape index (κ1) is 16.0. The highest BCUT2D eigenvalue weighted by Gasteiger charge is 2.18. The van der Waals surface area contributed by atoms with Crippen molar-refractivity contribution in [1.82, 2.24) is 9.78 Å². The van der Waals surface area contributed by atoms with Crippen molar-refractivity contribution in [1.29, 1.82) is 0 Å². The minimum absolute atomic E-state index is 0.0817. The SMILES string of the molecule is Cc1nn(-c2ccccc2)c(Cl)c1COc1ccccc1[N+](=O)[O-]. The molecule has 0 aliphatic carbocycles. The van der Waals surface area contributed by atoms with Crippen molar-refractivity contribution in [2.75, 3.05) is 0 Å². The van der Waals surface area contributed by atoms with E-state index in [0.717, 1.165) is 5.69 Å². The van der Waals surface area contributed by atoms with Crippen LogP contribution in [0, 0.1) is 17.0 Å². The third kappa shape index (κ3) is 3.09. The fourth-order valence-electron chi connectivity index (χ4n) is 2.32. The Kier molecular flexibility index (Phi) is 4.48. The van der Waals surface area contributed by atoms with E-state index < -0.39 is 4.92 Å². The smallest absolute Gasteiger partial charge is 0.310 e. The molecular weight excluding hydrogens is 330 g/mol. The molecule has 122 valence electrons. The Morgan fingerprint density at radius 2 is 1.83 bits per heavy atom. The summed E-state index contributed by atoms with van der Waals surface area (Å²) in [7, 11) is 0. The van der Waals surface area contributed by atoms with Crippen LogP contribution in [-0.2, 0) is 6.61 Å². The van der Waals surface area contributed by atoms with Gasteiger partial charge in [0.15, 0.2) is 5.75 Å². The van der Waals surface area contributed by atoms with Crippen LogP contribution in [0.15, 0.2) is 54.6 Å². The highest BCUT2D eigenvalue weighted by molar-refractivity contribution is 6.30. The van der Waals surface area contributed by atoms with Gasteiger partial charge in [0.2, 0.25) is 0 Å². The zero-order chi connectivity index (χ0) is 17.1. The zero-order valence-corrected chi connectivity index (χ0v) is 13.6. The minimum Gasteiger partial charge on any atom is -0.482 e. The molecule has 0 N–H and O–H groups in total. The van der Waals surface area contributed by atoms with Crippen molar-refractivity contribution in [2.24, 2.45) is 0 Å². The predicted octanol–water partition coefficient (Wildman–Crippen LogP) is 4.32. The third-order valence-corrected chi connectivity index (χ3v) is 3.94. The summed E-state index contributed by atoms with van der Waals surface area (Å²) in [5, 5.41) is 15.9. The molecule has 2 aromatic carbocycles. The van der Waals surface area contributed by atoms with E-state index in [-0.39, 0.29) is 18.0 Å². The Bertz CT molecular complexity index is 878. The van der Waals surface area contributed by atoms with Gasteiger partial charge in [0.05, 0.1) is 16.3 Å². The van der Waals surface area contributed by atoms with Crippen LogP contribution >= 0.6 is 11.6 Å². The molecule has 0 atom stereocenters. The predicted molar refractivity (Wildman–Crippen MR) is 90.7 cm³/mol. The lowest BCUT2D eigenvalue weighted by Gasteiger charge is -2.07. The molecule has 24 heavy (non-hydrogen) atoms. The summed E-state index contributed by atoms with van der Waals surface area (Å²) in [6.07, 6.45) is 0. The molecule has 0 fully saturated rings. The van der Waals surface area contributed by atoms with Gasteiger partial charge in [-0.15, -0.1) is 0 Å². The van der Waals surface area contributed by atoms with Crippen molar-refractivity contribution < 1.29 is 9.66 Å². The molecular formula is C17H14ClN3O3. The van der Waals surface area contributed by atoms with Gasteiger partial charge in [-0.25, -0.2) is 4.68 Å². The van der Waals surface area contributed by atoms with Crippen LogP contribution in [0.5, 0.6) is 5.75 Å².